The number of nitrogens with zero attached hydrogens (tertiary/aromatic N) is 1. The zero-order chi connectivity index (χ0) is 21.1. The van der Waals surface area contributed by atoms with Gasteiger partial charge in [0.05, 0.1) is 24.1 Å². The Kier molecular flexibility index (Phi) is 5.93. The summed E-state index contributed by atoms with van der Waals surface area (Å²) in [6.07, 6.45) is 0.672. The molecule has 5 nitrogen and oxygen atoms in total. The van der Waals surface area contributed by atoms with E-state index in [1.807, 2.05) is 24.3 Å². The Balaban J connectivity index is 1.60. The molecule has 0 aliphatic carbocycles. The van der Waals surface area contributed by atoms with E-state index in [0.29, 0.717) is 39.7 Å². The number of hydrogen-bond acceptors (Lipinski definition) is 3. The molecule has 0 aliphatic heterocycles. The minimum Gasteiger partial charge on any atom is -0.491 e. The monoisotopic (exact) mass is 440 g/mol. The van der Waals surface area contributed by atoms with Gasteiger partial charge in [-0.2, -0.15) is 0 Å². The molecule has 3 aromatic carbocycles. The maximum atomic E-state index is 12.9. The van der Waals surface area contributed by atoms with Gasteiger partial charge in [-0.05, 0) is 47.5 Å². The van der Waals surface area contributed by atoms with Crippen molar-refractivity contribution in [3.8, 4) is 5.75 Å². The molecule has 4 rings (SSSR count). The standard InChI is InChI=1S/C23H18Cl2N2O3/c24-17-8-4-15(5-9-17)12-13-30-20-3-1-2-19-21(20)26-23(29)27(22(19)28)14-16-6-10-18(25)11-7-16/h1-11H,12-14H2,(H,26,29). The molecule has 0 spiro atoms. The molecule has 152 valence electrons. The Labute approximate surface area is 182 Å². The number of aromatic amines is 1. The maximum absolute atomic E-state index is 12.9. The predicted molar refractivity (Wildman–Crippen MR) is 120 cm³/mol. The van der Waals surface area contributed by atoms with Gasteiger partial charge < -0.3 is 9.72 Å². The fourth-order valence-electron chi connectivity index (χ4n) is 3.22. The number of nitrogens with one attached hydrogen (secondary N) is 1. The van der Waals surface area contributed by atoms with Crippen molar-refractivity contribution in [2.24, 2.45) is 0 Å². The highest BCUT2D eigenvalue weighted by Gasteiger charge is 2.12. The number of para-hydroxylation sites is 1. The largest absolute Gasteiger partial charge is 0.491 e. The first-order chi connectivity index (χ1) is 14.5. The number of rotatable bonds is 6. The van der Waals surface area contributed by atoms with E-state index in [4.69, 9.17) is 27.9 Å². The number of fused-ring (bicyclic) bond motifs is 1. The molecule has 30 heavy (non-hydrogen) atoms. The second-order valence-electron chi connectivity index (χ2n) is 6.85. The van der Waals surface area contributed by atoms with E-state index in [0.717, 1.165) is 11.1 Å². The SMILES string of the molecule is O=c1[nH]c2c(OCCc3ccc(Cl)cc3)cccc2c(=O)n1Cc1ccc(Cl)cc1. The second-order valence-corrected chi connectivity index (χ2v) is 7.72. The Bertz CT molecular complexity index is 1290. The van der Waals surface area contributed by atoms with Gasteiger partial charge in [0.2, 0.25) is 0 Å². The molecule has 4 aromatic rings. The van der Waals surface area contributed by atoms with Crippen molar-refractivity contribution in [1.29, 1.82) is 0 Å². The lowest BCUT2D eigenvalue weighted by Gasteiger charge is -2.11. The van der Waals surface area contributed by atoms with E-state index in [-0.39, 0.29) is 12.1 Å². The van der Waals surface area contributed by atoms with E-state index in [2.05, 4.69) is 4.98 Å². The molecule has 0 amide bonds. The lowest BCUT2D eigenvalue weighted by molar-refractivity contribution is 0.325. The zero-order valence-electron chi connectivity index (χ0n) is 15.9. The first kappa shape index (κ1) is 20.3. The van der Waals surface area contributed by atoms with Crippen LogP contribution >= 0.6 is 23.2 Å². The second kappa shape index (κ2) is 8.78. The van der Waals surface area contributed by atoms with E-state index >= 15 is 0 Å². The fourth-order valence-corrected chi connectivity index (χ4v) is 3.47. The summed E-state index contributed by atoms with van der Waals surface area (Å²) < 4.78 is 7.04. The Morgan fingerprint density at radius 1 is 0.833 bits per heavy atom. The van der Waals surface area contributed by atoms with E-state index in [9.17, 15) is 9.59 Å². The van der Waals surface area contributed by atoms with Crippen LogP contribution in [0.4, 0.5) is 0 Å². The molecule has 1 aromatic heterocycles. The fraction of sp³-hybridized carbons (Fsp3) is 0.130. The highest BCUT2D eigenvalue weighted by molar-refractivity contribution is 6.30. The van der Waals surface area contributed by atoms with Crippen molar-refractivity contribution in [3.05, 3.63) is 109 Å². The van der Waals surface area contributed by atoms with Gasteiger partial charge in [0.25, 0.3) is 5.56 Å². The lowest BCUT2D eigenvalue weighted by Crippen LogP contribution is -2.35. The van der Waals surface area contributed by atoms with Gasteiger partial charge in [-0.25, -0.2) is 4.79 Å². The number of H-pyrrole nitrogens is 1. The van der Waals surface area contributed by atoms with Crippen LogP contribution < -0.4 is 16.0 Å². The van der Waals surface area contributed by atoms with Crippen LogP contribution in [0.15, 0.2) is 76.3 Å². The Hall–Kier alpha value is -3.02. The molecule has 0 aliphatic rings. The lowest BCUT2D eigenvalue weighted by atomic mass is 10.2. The van der Waals surface area contributed by atoms with Crippen molar-refractivity contribution in [2.75, 3.05) is 6.61 Å². The van der Waals surface area contributed by atoms with Gasteiger partial charge in [0.15, 0.2) is 0 Å². The summed E-state index contributed by atoms with van der Waals surface area (Å²) in [6, 6.07) is 19.7. The molecule has 7 heteroatoms. The van der Waals surface area contributed by atoms with Gasteiger partial charge in [0.1, 0.15) is 5.75 Å². The molecular formula is C23H18Cl2N2O3. The topological polar surface area (TPSA) is 64.1 Å². The third kappa shape index (κ3) is 4.42. The van der Waals surface area contributed by atoms with Crippen molar-refractivity contribution in [1.82, 2.24) is 9.55 Å². The summed E-state index contributed by atoms with van der Waals surface area (Å²) in [5.74, 6) is 0.467. The third-order valence-corrected chi connectivity index (χ3v) is 5.30. The van der Waals surface area contributed by atoms with Crippen LogP contribution in [0.5, 0.6) is 5.75 Å². The summed E-state index contributed by atoms with van der Waals surface area (Å²) in [5.41, 5.74) is 1.43. The van der Waals surface area contributed by atoms with Gasteiger partial charge in [-0.1, -0.05) is 53.5 Å². The van der Waals surface area contributed by atoms with Crippen LogP contribution in [0.3, 0.4) is 0 Å². The van der Waals surface area contributed by atoms with E-state index in [1.165, 1.54) is 4.57 Å². The molecule has 0 radical (unpaired) electrons. The molecule has 0 saturated heterocycles. The van der Waals surface area contributed by atoms with Gasteiger partial charge in [-0.3, -0.25) is 9.36 Å². The minimum absolute atomic E-state index is 0.156. The minimum atomic E-state index is -0.490. The van der Waals surface area contributed by atoms with Crippen LogP contribution in [0.1, 0.15) is 11.1 Å². The van der Waals surface area contributed by atoms with E-state index in [1.54, 1.807) is 42.5 Å². The molecule has 0 bridgehead atoms. The van der Waals surface area contributed by atoms with Crippen LogP contribution in [-0.4, -0.2) is 16.2 Å². The van der Waals surface area contributed by atoms with Gasteiger partial charge in [-0.15, -0.1) is 0 Å². The highest BCUT2D eigenvalue weighted by atomic mass is 35.5. The highest BCUT2D eigenvalue weighted by Crippen LogP contribution is 2.21. The Morgan fingerprint density at radius 2 is 1.47 bits per heavy atom. The summed E-state index contributed by atoms with van der Waals surface area (Å²) in [4.78, 5) is 28.4. The van der Waals surface area contributed by atoms with Crippen LogP contribution in [0.25, 0.3) is 10.9 Å². The smallest absolute Gasteiger partial charge is 0.329 e. The van der Waals surface area contributed by atoms with Gasteiger partial charge in [0, 0.05) is 16.5 Å². The number of halogens is 2. The van der Waals surface area contributed by atoms with E-state index < -0.39 is 5.69 Å². The summed E-state index contributed by atoms with van der Waals surface area (Å²) in [5, 5.41) is 1.67. The van der Waals surface area contributed by atoms with Crippen molar-refractivity contribution in [3.63, 3.8) is 0 Å². The van der Waals surface area contributed by atoms with Crippen LogP contribution in [-0.2, 0) is 13.0 Å². The average Bonchev–Trinajstić information content (AvgIpc) is 2.74. The normalized spacial score (nSPS) is 11.0. The molecule has 0 saturated carbocycles. The first-order valence-electron chi connectivity index (χ1n) is 9.39. The third-order valence-electron chi connectivity index (χ3n) is 4.79. The van der Waals surface area contributed by atoms with Crippen LogP contribution in [0.2, 0.25) is 10.0 Å². The molecule has 1 heterocycles. The summed E-state index contributed by atoms with van der Waals surface area (Å²) in [6.45, 7) is 0.555. The number of benzene rings is 3. The molecule has 0 unspecified atom stereocenters. The first-order valence-corrected chi connectivity index (χ1v) is 10.1. The quantitative estimate of drug-likeness (QED) is 0.473. The summed E-state index contributed by atoms with van der Waals surface area (Å²) in [7, 11) is 0. The maximum Gasteiger partial charge on any atom is 0.329 e. The molecule has 0 fully saturated rings. The number of ether oxygens (including phenoxy) is 1. The predicted octanol–water partition coefficient (Wildman–Crippen LogP) is 4.67. The van der Waals surface area contributed by atoms with Crippen molar-refractivity contribution in [2.45, 2.75) is 13.0 Å². The molecule has 0 atom stereocenters. The van der Waals surface area contributed by atoms with Crippen LogP contribution in [0, 0.1) is 0 Å². The molecular weight excluding hydrogens is 423 g/mol. The number of aromatic nitrogens is 2. The van der Waals surface area contributed by atoms with Gasteiger partial charge >= 0.3 is 5.69 Å². The summed E-state index contributed by atoms with van der Waals surface area (Å²) >= 11 is 11.8. The molecule has 1 N–H and O–H groups in total. The van der Waals surface area contributed by atoms with Crippen molar-refractivity contribution >= 4 is 34.1 Å². The zero-order valence-corrected chi connectivity index (χ0v) is 17.4. The average molecular weight is 441 g/mol. The van der Waals surface area contributed by atoms with Crippen molar-refractivity contribution < 1.29 is 4.74 Å². The number of hydrogen-bond donors (Lipinski definition) is 1. The Morgan fingerprint density at radius 3 is 2.13 bits per heavy atom.